The average molecular weight is 178 g/mol. The molecular weight excluding hydrogens is 160 g/mol. The van der Waals surface area contributed by atoms with E-state index in [0.717, 1.165) is 11.8 Å². The van der Waals surface area contributed by atoms with E-state index in [1.54, 1.807) is 0 Å². The van der Waals surface area contributed by atoms with Crippen LogP contribution >= 0.6 is 0 Å². The normalized spacial score (nSPS) is 50.9. The van der Waals surface area contributed by atoms with E-state index in [2.05, 4.69) is 24.1 Å². The largest absolute Gasteiger partial charge is 0.190 e. The zero-order valence-electron chi connectivity index (χ0n) is 8.53. The van der Waals surface area contributed by atoms with E-state index >= 15 is 0 Å². The molecule has 2 heteroatoms. The number of fused-ring (bicyclic) bond motifs is 5. The molecule has 1 aliphatic heterocycles. The fraction of sp³-hybridized carbons (Fsp3) is 1.00. The van der Waals surface area contributed by atoms with Gasteiger partial charge in [-0.3, -0.25) is 0 Å². The van der Waals surface area contributed by atoms with Crippen molar-refractivity contribution in [2.24, 2.45) is 27.5 Å². The molecule has 0 aromatic carbocycles. The Kier molecular flexibility index (Phi) is 1.43. The van der Waals surface area contributed by atoms with E-state index in [9.17, 15) is 0 Å². The van der Waals surface area contributed by atoms with Crippen molar-refractivity contribution < 1.29 is 0 Å². The summed E-state index contributed by atoms with van der Waals surface area (Å²) >= 11 is 0. The van der Waals surface area contributed by atoms with Crippen molar-refractivity contribution in [1.82, 2.24) is 0 Å². The summed E-state index contributed by atoms with van der Waals surface area (Å²) in [5.74, 6) is 1.76. The summed E-state index contributed by atoms with van der Waals surface area (Å²) in [5.41, 5.74) is 0.375. The van der Waals surface area contributed by atoms with Crippen LogP contribution in [0, 0.1) is 17.3 Å². The van der Waals surface area contributed by atoms with Gasteiger partial charge >= 0.3 is 0 Å². The molecule has 0 saturated heterocycles. The standard InChI is InChI=1S/C11H18N2/c1-11(2)9-7-5-3-4-6-8(7)10(11)13-12-9/h7-10H,3-6H2,1-2H3. The van der Waals surface area contributed by atoms with Crippen LogP contribution in [0.5, 0.6) is 0 Å². The summed E-state index contributed by atoms with van der Waals surface area (Å²) < 4.78 is 0. The number of hydrogen-bond acceptors (Lipinski definition) is 2. The summed E-state index contributed by atoms with van der Waals surface area (Å²) in [7, 11) is 0. The average Bonchev–Trinajstić information content (AvgIpc) is 2.54. The minimum absolute atomic E-state index is 0.375. The first-order chi connectivity index (χ1) is 6.21. The van der Waals surface area contributed by atoms with Crippen LogP contribution < -0.4 is 0 Å². The Morgan fingerprint density at radius 2 is 1.38 bits per heavy atom. The molecule has 0 amide bonds. The lowest BCUT2D eigenvalue weighted by molar-refractivity contribution is 0.224. The van der Waals surface area contributed by atoms with Gasteiger partial charge in [0.1, 0.15) is 0 Å². The first-order valence-corrected chi connectivity index (χ1v) is 5.61. The van der Waals surface area contributed by atoms with Gasteiger partial charge in [-0.05, 0) is 24.7 Å². The molecule has 4 atom stereocenters. The molecular formula is C11H18N2. The topological polar surface area (TPSA) is 24.7 Å². The zero-order valence-corrected chi connectivity index (χ0v) is 8.53. The van der Waals surface area contributed by atoms with Crippen molar-refractivity contribution in [3.8, 4) is 0 Å². The van der Waals surface area contributed by atoms with E-state index in [1.807, 2.05) is 0 Å². The Morgan fingerprint density at radius 3 is 1.85 bits per heavy atom. The van der Waals surface area contributed by atoms with Crippen molar-refractivity contribution in [2.75, 3.05) is 0 Å². The van der Waals surface area contributed by atoms with Gasteiger partial charge in [0.2, 0.25) is 0 Å². The molecule has 72 valence electrons. The van der Waals surface area contributed by atoms with Gasteiger partial charge in [0.25, 0.3) is 0 Å². The highest BCUT2D eigenvalue weighted by Crippen LogP contribution is 2.57. The van der Waals surface area contributed by atoms with Crippen molar-refractivity contribution >= 4 is 0 Å². The van der Waals surface area contributed by atoms with Crippen molar-refractivity contribution in [3.05, 3.63) is 0 Å². The molecule has 4 unspecified atom stereocenters. The lowest BCUT2D eigenvalue weighted by Crippen LogP contribution is -2.27. The molecule has 2 bridgehead atoms. The summed E-state index contributed by atoms with van der Waals surface area (Å²) in [6.07, 6.45) is 5.68. The molecule has 2 nitrogen and oxygen atoms in total. The number of hydrogen-bond donors (Lipinski definition) is 0. The second kappa shape index (κ2) is 2.34. The molecule has 2 aliphatic carbocycles. The van der Waals surface area contributed by atoms with E-state index in [-0.39, 0.29) is 0 Å². The molecule has 0 radical (unpaired) electrons. The molecule has 0 aromatic rings. The summed E-state index contributed by atoms with van der Waals surface area (Å²) in [6, 6.07) is 1.12. The monoisotopic (exact) mass is 178 g/mol. The minimum Gasteiger partial charge on any atom is -0.190 e. The van der Waals surface area contributed by atoms with Crippen LogP contribution in [0.3, 0.4) is 0 Å². The fourth-order valence-corrected chi connectivity index (χ4v) is 3.86. The predicted octanol–water partition coefficient (Wildman–Crippen LogP) is 3.04. The maximum Gasteiger partial charge on any atom is 0.0811 e. The van der Waals surface area contributed by atoms with Crippen LogP contribution in [0.4, 0.5) is 0 Å². The van der Waals surface area contributed by atoms with Gasteiger partial charge in [-0.25, -0.2) is 0 Å². The van der Waals surface area contributed by atoms with E-state index in [0.29, 0.717) is 17.5 Å². The zero-order chi connectivity index (χ0) is 9.05. The highest BCUT2D eigenvalue weighted by Gasteiger charge is 2.59. The fourth-order valence-electron chi connectivity index (χ4n) is 3.86. The van der Waals surface area contributed by atoms with Crippen LogP contribution in [0.15, 0.2) is 10.2 Å². The van der Waals surface area contributed by atoms with Crippen molar-refractivity contribution in [1.29, 1.82) is 0 Å². The Labute approximate surface area is 79.8 Å². The van der Waals surface area contributed by atoms with Gasteiger partial charge in [-0.15, -0.1) is 0 Å². The van der Waals surface area contributed by atoms with Gasteiger partial charge < -0.3 is 0 Å². The molecule has 3 rings (SSSR count). The van der Waals surface area contributed by atoms with Gasteiger partial charge in [-0.1, -0.05) is 26.7 Å². The van der Waals surface area contributed by atoms with Crippen LogP contribution in [0.25, 0.3) is 0 Å². The molecule has 0 aromatic heterocycles. The van der Waals surface area contributed by atoms with Gasteiger partial charge in [0.15, 0.2) is 0 Å². The first kappa shape index (κ1) is 7.95. The Hall–Kier alpha value is -0.400. The number of nitrogens with zero attached hydrogens (tertiary/aromatic N) is 2. The highest BCUT2D eigenvalue weighted by molar-refractivity contribution is 5.13. The SMILES string of the molecule is CC1(C)C2N=NC1C1CCCCC12. The third-order valence-corrected chi connectivity index (χ3v) is 4.53. The lowest BCUT2D eigenvalue weighted by Gasteiger charge is -2.30. The number of rotatable bonds is 0. The molecule has 0 N–H and O–H groups in total. The molecule has 2 saturated carbocycles. The first-order valence-electron chi connectivity index (χ1n) is 5.61. The quantitative estimate of drug-likeness (QED) is 0.544. The van der Waals surface area contributed by atoms with Gasteiger partial charge in [0.05, 0.1) is 12.1 Å². The second-order valence-corrected chi connectivity index (χ2v) is 5.55. The molecule has 13 heavy (non-hydrogen) atoms. The summed E-state index contributed by atoms with van der Waals surface area (Å²) in [5, 5.41) is 8.93. The second-order valence-electron chi connectivity index (χ2n) is 5.55. The Balaban J connectivity index is 1.98. The molecule has 0 spiro atoms. The molecule has 3 aliphatic rings. The minimum atomic E-state index is 0.375. The smallest absolute Gasteiger partial charge is 0.0811 e. The van der Waals surface area contributed by atoms with Crippen LogP contribution in [-0.2, 0) is 0 Å². The van der Waals surface area contributed by atoms with Crippen LogP contribution in [0.1, 0.15) is 39.5 Å². The van der Waals surface area contributed by atoms with Gasteiger partial charge in [0, 0.05) is 5.41 Å². The van der Waals surface area contributed by atoms with E-state index in [4.69, 9.17) is 0 Å². The molecule has 2 fully saturated rings. The van der Waals surface area contributed by atoms with Crippen molar-refractivity contribution in [3.63, 3.8) is 0 Å². The predicted molar refractivity (Wildman–Crippen MR) is 51.7 cm³/mol. The van der Waals surface area contributed by atoms with Crippen LogP contribution in [0.2, 0.25) is 0 Å². The Bertz CT molecular complexity index is 233. The Morgan fingerprint density at radius 1 is 0.923 bits per heavy atom. The highest BCUT2D eigenvalue weighted by atomic mass is 15.2. The summed E-state index contributed by atoms with van der Waals surface area (Å²) in [4.78, 5) is 0. The van der Waals surface area contributed by atoms with E-state index in [1.165, 1.54) is 25.7 Å². The van der Waals surface area contributed by atoms with Crippen molar-refractivity contribution in [2.45, 2.75) is 51.6 Å². The van der Waals surface area contributed by atoms with Gasteiger partial charge in [-0.2, -0.15) is 10.2 Å². The summed E-state index contributed by atoms with van der Waals surface area (Å²) in [6.45, 7) is 4.72. The van der Waals surface area contributed by atoms with Crippen LogP contribution in [-0.4, -0.2) is 12.1 Å². The van der Waals surface area contributed by atoms with E-state index < -0.39 is 0 Å². The third kappa shape index (κ3) is 0.844. The lowest BCUT2D eigenvalue weighted by atomic mass is 9.79. The maximum atomic E-state index is 4.47. The maximum absolute atomic E-state index is 4.47. The molecule has 1 heterocycles. The number of azo groups is 1. The third-order valence-electron chi connectivity index (χ3n) is 4.53.